The summed E-state index contributed by atoms with van der Waals surface area (Å²) in [5.41, 5.74) is 1.49. The predicted molar refractivity (Wildman–Crippen MR) is 93.0 cm³/mol. The van der Waals surface area contributed by atoms with Crippen molar-refractivity contribution < 1.29 is 9.18 Å². The second kappa shape index (κ2) is 7.16. The van der Waals surface area contributed by atoms with Gasteiger partial charge in [-0.15, -0.1) is 10.2 Å². The smallest absolute Gasteiger partial charge is 0.248 e. The molecule has 1 aromatic heterocycles. The largest absolute Gasteiger partial charge is 0.323 e. The van der Waals surface area contributed by atoms with Crippen LogP contribution in [0.25, 0.3) is 11.4 Å². The summed E-state index contributed by atoms with van der Waals surface area (Å²) < 4.78 is 13.3. The molecule has 0 radical (unpaired) electrons. The van der Waals surface area contributed by atoms with E-state index in [-0.39, 0.29) is 18.3 Å². The average molecular weight is 380 g/mol. The van der Waals surface area contributed by atoms with E-state index in [4.69, 9.17) is 23.2 Å². The summed E-state index contributed by atoms with van der Waals surface area (Å²) >= 11 is 11.9. The first-order valence-electron chi connectivity index (χ1n) is 7.21. The molecule has 0 saturated carbocycles. The van der Waals surface area contributed by atoms with Gasteiger partial charge in [0.05, 0.1) is 10.7 Å². The van der Waals surface area contributed by atoms with Crippen LogP contribution in [0.1, 0.15) is 5.56 Å². The molecule has 0 atom stereocenters. The monoisotopic (exact) mass is 379 g/mol. The number of amides is 1. The third-order valence-corrected chi connectivity index (χ3v) is 3.92. The highest BCUT2D eigenvalue weighted by Crippen LogP contribution is 2.25. The number of hydrogen-bond acceptors (Lipinski definition) is 4. The second-order valence-corrected chi connectivity index (χ2v) is 6.12. The Kier molecular flexibility index (Phi) is 4.96. The molecule has 0 aliphatic carbocycles. The summed E-state index contributed by atoms with van der Waals surface area (Å²) in [5, 5.41) is 15.3. The molecule has 0 aliphatic rings. The van der Waals surface area contributed by atoms with Gasteiger partial charge in [0, 0.05) is 10.6 Å². The van der Waals surface area contributed by atoms with E-state index < -0.39 is 0 Å². The number of rotatable bonds is 4. The maximum absolute atomic E-state index is 13.3. The van der Waals surface area contributed by atoms with Gasteiger partial charge in [-0.2, -0.15) is 4.80 Å². The fourth-order valence-electron chi connectivity index (χ4n) is 2.12. The minimum Gasteiger partial charge on any atom is -0.323 e. The lowest BCUT2D eigenvalue weighted by molar-refractivity contribution is -0.117. The van der Waals surface area contributed by atoms with E-state index in [1.54, 1.807) is 37.3 Å². The molecular weight excluding hydrogens is 368 g/mol. The summed E-state index contributed by atoms with van der Waals surface area (Å²) in [6.45, 7) is 1.49. The van der Waals surface area contributed by atoms with Gasteiger partial charge in [0.25, 0.3) is 0 Å². The average Bonchev–Trinajstić information content (AvgIpc) is 3.02. The number of aromatic nitrogens is 4. The molecule has 1 heterocycles. The van der Waals surface area contributed by atoms with Gasteiger partial charge in [-0.05, 0) is 54.1 Å². The summed E-state index contributed by atoms with van der Waals surface area (Å²) in [5.74, 6) is -0.394. The van der Waals surface area contributed by atoms with E-state index in [1.807, 2.05) is 0 Å². The molecule has 9 heteroatoms. The van der Waals surface area contributed by atoms with Crippen molar-refractivity contribution in [2.24, 2.45) is 0 Å². The summed E-state index contributed by atoms with van der Waals surface area (Å²) in [6.07, 6.45) is 0. The van der Waals surface area contributed by atoms with Crippen molar-refractivity contribution in [1.29, 1.82) is 0 Å². The Balaban J connectivity index is 1.71. The normalized spacial score (nSPS) is 10.7. The topological polar surface area (TPSA) is 72.7 Å². The molecule has 3 aromatic rings. The lowest BCUT2D eigenvalue weighted by Crippen LogP contribution is -2.20. The van der Waals surface area contributed by atoms with Crippen molar-refractivity contribution in [2.45, 2.75) is 13.5 Å². The fraction of sp³-hybridized carbons (Fsp3) is 0.125. The van der Waals surface area contributed by atoms with Gasteiger partial charge >= 0.3 is 0 Å². The molecule has 0 spiro atoms. The Bertz CT molecular complexity index is 944. The van der Waals surface area contributed by atoms with Crippen LogP contribution < -0.4 is 5.32 Å². The van der Waals surface area contributed by atoms with Gasteiger partial charge in [0.2, 0.25) is 11.7 Å². The van der Waals surface area contributed by atoms with Crippen LogP contribution in [-0.2, 0) is 11.3 Å². The number of halogens is 3. The van der Waals surface area contributed by atoms with E-state index in [0.717, 1.165) is 4.80 Å². The van der Waals surface area contributed by atoms with Gasteiger partial charge in [-0.25, -0.2) is 4.39 Å². The summed E-state index contributed by atoms with van der Waals surface area (Å²) in [4.78, 5) is 13.2. The first-order chi connectivity index (χ1) is 11.9. The van der Waals surface area contributed by atoms with Crippen LogP contribution in [0.3, 0.4) is 0 Å². The number of nitrogens with zero attached hydrogens (tertiary/aromatic N) is 4. The van der Waals surface area contributed by atoms with Crippen LogP contribution in [0, 0.1) is 12.7 Å². The molecule has 0 aliphatic heterocycles. The highest BCUT2D eigenvalue weighted by atomic mass is 35.5. The van der Waals surface area contributed by atoms with Crippen molar-refractivity contribution in [3.63, 3.8) is 0 Å². The Labute approximate surface area is 152 Å². The van der Waals surface area contributed by atoms with Gasteiger partial charge < -0.3 is 5.32 Å². The Morgan fingerprint density at radius 2 is 2.04 bits per heavy atom. The first kappa shape index (κ1) is 17.3. The zero-order valence-electron chi connectivity index (χ0n) is 13.0. The van der Waals surface area contributed by atoms with Gasteiger partial charge in [-0.3, -0.25) is 4.79 Å². The number of tetrazole rings is 1. The van der Waals surface area contributed by atoms with Crippen LogP contribution in [-0.4, -0.2) is 26.1 Å². The molecule has 0 bridgehead atoms. The number of carbonyl (C=O) groups is 1. The Morgan fingerprint density at radius 3 is 2.80 bits per heavy atom. The first-order valence-corrected chi connectivity index (χ1v) is 7.97. The maximum Gasteiger partial charge on any atom is 0.248 e. The predicted octanol–water partition coefficient (Wildman–Crippen LogP) is 3.73. The van der Waals surface area contributed by atoms with Crippen molar-refractivity contribution in [2.75, 3.05) is 5.32 Å². The SMILES string of the molecule is Cc1cc(-c2nnn(CC(=O)Nc3cc(Cl)ccc3Cl)n2)ccc1F. The lowest BCUT2D eigenvalue weighted by atomic mass is 10.1. The van der Waals surface area contributed by atoms with Crippen LogP contribution in [0.5, 0.6) is 0 Å². The van der Waals surface area contributed by atoms with E-state index in [2.05, 4.69) is 20.7 Å². The number of benzene rings is 2. The zero-order chi connectivity index (χ0) is 18.0. The molecular formula is C16H12Cl2FN5O. The highest BCUT2D eigenvalue weighted by Gasteiger charge is 2.12. The highest BCUT2D eigenvalue weighted by molar-refractivity contribution is 6.35. The molecule has 0 fully saturated rings. The van der Waals surface area contributed by atoms with E-state index in [9.17, 15) is 9.18 Å². The lowest BCUT2D eigenvalue weighted by Gasteiger charge is -2.06. The summed E-state index contributed by atoms with van der Waals surface area (Å²) in [7, 11) is 0. The summed E-state index contributed by atoms with van der Waals surface area (Å²) in [6, 6.07) is 9.25. The van der Waals surface area contributed by atoms with E-state index in [0.29, 0.717) is 32.7 Å². The van der Waals surface area contributed by atoms with Gasteiger partial charge in [-0.1, -0.05) is 23.2 Å². The fourth-order valence-corrected chi connectivity index (χ4v) is 2.46. The second-order valence-electron chi connectivity index (χ2n) is 5.28. The zero-order valence-corrected chi connectivity index (χ0v) is 14.5. The molecule has 6 nitrogen and oxygen atoms in total. The Hall–Kier alpha value is -2.51. The minimum absolute atomic E-state index is 0.157. The van der Waals surface area contributed by atoms with E-state index in [1.165, 1.54) is 6.07 Å². The molecule has 0 saturated heterocycles. The third-order valence-electron chi connectivity index (χ3n) is 3.36. The van der Waals surface area contributed by atoms with E-state index >= 15 is 0 Å². The van der Waals surface area contributed by atoms with Crippen LogP contribution >= 0.6 is 23.2 Å². The quantitative estimate of drug-likeness (QED) is 0.749. The number of hydrogen-bond donors (Lipinski definition) is 1. The molecule has 0 unspecified atom stereocenters. The van der Waals surface area contributed by atoms with Gasteiger partial charge in [0.15, 0.2) is 0 Å². The number of carbonyl (C=O) groups excluding carboxylic acids is 1. The Morgan fingerprint density at radius 1 is 1.24 bits per heavy atom. The molecule has 128 valence electrons. The molecule has 2 aromatic carbocycles. The third kappa shape index (κ3) is 4.12. The minimum atomic E-state index is -0.386. The molecule has 25 heavy (non-hydrogen) atoms. The standard InChI is InChI=1S/C16H12Cl2FN5O/c1-9-6-10(2-5-13(9)19)16-21-23-24(22-16)8-15(25)20-14-7-11(17)3-4-12(14)18/h2-7H,8H2,1H3,(H,20,25). The molecule has 1 N–H and O–H groups in total. The number of nitrogens with one attached hydrogen (secondary N) is 1. The van der Waals surface area contributed by atoms with Crippen LogP contribution in [0.2, 0.25) is 10.0 Å². The van der Waals surface area contributed by atoms with Crippen molar-refractivity contribution >= 4 is 34.8 Å². The molecule has 1 amide bonds. The molecule has 3 rings (SSSR count). The van der Waals surface area contributed by atoms with Crippen molar-refractivity contribution in [3.8, 4) is 11.4 Å². The number of aryl methyl sites for hydroxylation is 1. The number of anilines is 1. The van der Waals surface area contributed by atoms with Crippen molar-refractivity contribution in [3.05, 3.63) is 57.8 Å². The van der Waals surface area contributed by atoms with Gasteiger partial charge in [0.1, 0.15) is 12.4 Å². The van der Waals surface area contributed by atoms with Crippen LogP contribution in [0.4, 0.5) is 10.1 Å². The maximum atomic E-state index is 13.3. The van der Waals surface area contributed by atoms with Crippen molar-refractivity contribution in [1.82, 2.24) is 20.2 Å². The van der Waals surface area contributed by atoms with Crippen LogP contribution in [0.15, 0.2) is 36.4 Å².